The minimum absolute atomic E-state index is 0.0307. The third kappa shape index (κ3) is 2.87. The lowest BCUT2D eigenvalue weighted by atomic mass is 10.2. The van der Waals surface area contributed by atoms with Gasteiger partial charge in [0.2, 0.25) is 5.91 Å². The molecule has 0 aliphatic carbocycles. The molecule has 0 saturated carbocycles. The first-order valence-corrected chi connectivity index (χ1v) is 4.29. The molecule has 3 N–H and O–H groups in total. The minimum Gasteiger partial charge on any atom is -0.330 e. The van der Waals surface area contributed by atoms with Crippen LogP contribution in [0.2, 0.25) is 0 Å². The van der Waals surface area contributed by atoms with Crippen molar-refractivity contribution in [2.75, 3.05) is 11.9 Å². The van der Waals surface area contributed by atoms with E-state index in [0.717, 1.165) is 11.3 Å². The quantitative estimate of drug-likeness (QED) is 0.732. The molecule has 0 aliphatic heterocycles. The number of hydrogen-bond donors (Lipinski definition) is 2. The van der Waals surface area contributed by atoms with E-state index in [2.05, 4.69) is 5.32 Å². The molecule has 0 radical (unpaired) electrons. The summed E-state index contributed by atoms with van der Waals surface area (Å²) in [5.41, 5.74) is 7.19. The molecule has 0 spiro atoms. The van der Waals surface area contributed by atoms with Gasteiger partial charge in [0.15, 0.2) is 0 Å². The van der Waals surface area contributed by atoms with Gasteiger partial charge in [0.1, 0.15) is 0 Å². The van der Waals surface area contributed by atoms with E-state index in [1.807, 2.05) is 31.2 Å². The number of anilines is 1. The van der Waals surface area contributed by atoms with E-state index in [0.29, 0.717) is 13.0 Å². The summed E-state index contributed by atoms with van der Waals surface area (Å²) in [6, 6.07) is 7.67. The van der Waals surface area contributed by atoms with Gasteiger partial charge in [-0.25, -0.2) is 0 Å². The molecule has 1 aromatic carbocycles. The molecule has 3 nitrogen and oxygen atoms in total. The van der Waals surface area contributed by atoms with Gasteiger partial charge in [-0.1, -0.05) is 18.2 Å². The molecule has 0 saturated heterocycles. The number of amides is 1. The molecule has 1 aromatic rings. The number of carbonyl (C=O) groups is 1. The molecule has 0 atom stereocenters. The van der Waals surface area contributed by atoms with Crippen LogP contribution in [0.3, 0.4) is 0 Å². The van der Waals surface area contributed by atoms with E-state index in [1.165, 1.54) is 0 Å². The van der Waals surface area contributed by atoms with E-state index in [9.17, 15) is 4.79 Å². The molecule has 1 amide bonds. The zero-order chi connectivity index (χ0) is 9.68. The van der Waals surface area contributed by atoms with Crippen molar-refractivity contribution >= 4 is 11.6 Å². The third-order valence-corrected chi connectivity index (χ3v) is 1.79. The van der Waals surface area contributed by atoms with Crippen LogP contribution in [0, 0.1) is 6.92 Å². The SMILES string of the molecule is Cc1ccccc1NC(=O)CCN. The summed E-state index contributed by atoms with van der Waals surface area (Å²) in [6.07, 6.45) is 0.369. The van der Waals surface area contributed by atoms with Crippen LogP contribution in [-0.2, 0) is 4.79 Å². The summed E-state index contributed by atoms with van der Waals surface area (Å²) in [4.78, 5) is 11.2. The molecule has 70 valence electrons. The minimum atomic E-state index is -0.0307. The molecule has 0 aliphatic rings. The lowest BCUT2D eigenvalue weighted by Gasteiger charge is -2.06. The number of nitrogens with two attached hydrogens (primary N) is 1. The van der Waals surface area contributed by atoms with E-state index in [-0.39, 0.29) is 5.91 Å². The maximum absolute atomic E-state index is 11.2. The van der Waals surface area contributed by atoms with Crippen molar-refractivity contribution in [3.63, 3.8) is 0 Å². The van der Waals surface area contributed by atoms with Gasteiger partial charge in [0.05, 0.1) is 0 Å². The largest absolute Gasteiger partial charge is 0.330 e. The average Bonchev–Trinajstić information content (AvgIpc) is 2.09. The summed E-state index contributed by atoms with van der Waals surface area (Å²) < 4.78 is 0. The Bertz CT molecular complexity index is 297. The summed E-state index contributed by atoms with van der Waals surface area (Å²) >= 11 is 0. The smallest absolute Gasteiger partial charge is 0.225 e. The number of carbonyl (C=O) groups excluding carboxylic acids is 1. The zero-order valence-electron chi connectivity index (χ0n) is 7.71. The number of benzene rings is 1. The highest BCUT2D eigenvalue weighted by molar-refractivity contribution is 5.91. The van der Waals surface area contributed by atoms with Crippen molar-refractivity contribution in [3.05, 3.63) is 29.8 Å². The monoisotopic (exact) mass is 178 g/mol. The van der Waals surface area contributed by atoms with Crippen LogP contribution < -0.4 is 11.1 Å². The van der Waals surface area contributed by atoms with Crippen LogP contribution in [-0.4, -0.2) is 12.5 Å². The molecule has 0 fully saturated rings. The van der Waals surface area contributed by atoms with Crippen molar-refractivity contribution in [3.8, 4) is 0 Å². The van der Waals surface area contributed by atoms with Crippen molar-refractivity contribution in [1.29, 1.82) is 0 Å². The summed E-state index contributed by atoms with van der Waals surface area (Å²) in [6.45, 7) is 2.34. The first kappa shape index (κ1) is 9.74. The fraction of sp³-hybridized carbons (Fsp3) is 0.300. The second kappa shape index (κ2) is 4.62. The third-order valence-electron chi connectivity index (χ3n) is 1.79. The topological polar surface area (TPSA) is 55.1 Å². The Balaban J connectivity index is 2.63. The van der Waals surface area contributed by atoms with Gasteiger partial charge in [0, 0.05) is 18.7 Å². The van der Waals surface area contributed by atoms with Crippen molar-refractivity contribution in [2.45, 2.75) is 13.3 Å². The number of para-hydroxylation sites is 1. The van der Waals surface area contributed by atoms with Gasteiger partial charge in [0.25, 0.3) is 0 Å². The first-order valence-electron chi connectivity index (χ1n) is 4.29. The zero-order valence-corrected chi connectivity index (χ0v) is 7.71. The molecule has 0 heterocycles. The highest BCUT2D eigenvalue weighted by atomic mass is 16.1. The fourth-order valence-electron chi connectivity index (χ4n) is 1.06. The van der Waals surface area contributed by atoms with Crippen LogP contribution in [0.1, 0.15) is 12.0 Å². The van der Waals surface area contributed by atoms with Gasteiger partial charge < -0.3 is 11.1 Å². The van der Waals surface area contributed by atoms with Gasteiger partial charge in [-0.05, 0) is 18.6 Å². The first-order chi connectivity index (χ1) is 6.24. The standard InChI is InChI=1S/C10H14N2O/c1-8-4-2-3-5-9(8)12-10(13)6-7-11/h2-5H,6-7,11H2,1H3,(H,12,13). The van der Waals surface area contributed by atoms with Gasteiger partial charge in [-0.3, -0.25) is 4.79 Å². The van der Waals surface area contributed by atoms with Gasteiger partial charge in [-0.2, -0.15) is 0 Å². The molecule has 1 rings (SSSR count). The molecular formula is C10H14N2O. The summed E-state index contributed by atoms with van der Waals surface area (Å²) in [5.74, 6) is -0.0307. The Hall–Kier alpha value is -1.35. The van der Waals surface area contributed by atoms with E-state index >= 15 is 0 Å². The Labute approximate surface area is 77.9 Å². The van der Waals surface area contributed by atoms with Crippen LogP contribution >= 0.6 is 0 Å². The Morgan fingerprint density at radius 3 is 2.77 bits per heavy atom. The van der Waals surface area contributed by atoms with Crippen LogP contribution in [0.4, 0.5) is 5.69 Å². The van der Waals surface area contributed by atoms with Crippen LogP contribution in [0.5, 0.6) is 0 Å². The van der Waals surface area contributed by atoms with Crippen molar-refractivity contribution in [2.24, 2.45) is 5.73 Å². The number of aryl methyl sites for hydroxylation is 1. The second-order valence-electron chi connectivity index (χ2n) is 2.90. The van der Waals surface area contributed by atoms with E-state index in [1.54, 1.807) is 0 Å². The average molecular weight is 178 g/mol. The molecule has 0 bridgehead atoms. The van der Waals surface area contributed by atoms with Crippen molar-refractivity contribution < 1.29 is 4.79 Å². The molecule has 0 aromatic heterocycles. The van der Waals surface area contributed by atoms with Gasteiger partial charge >= 0.3 is 0 Å². The number of nitrogens with one attached hydrogen (secondary N) is 1. The maximum Gasteiger partial charge on any atom is 0.225 e. The number of hydrogen-bond acceptors (Lipinski definition) is 2. The predicted octanol–water partition coefficient (Wildman–Crippen LogP) is 1.28. The van der Waals surface area contributed by atoms with E-state index < -0.39 is 0 Å². The van der Waals surface area contributed by atoms with Crippen LogP contribution in [0.25, 0.3) is 0 Å². The number of rotatable bonds is 3. The Morgan fingerprint density at radius 2 is 2.15 bits per heavy atom. The van der Waals surface area contributed by atoms with Gasteiger partial charge in [-0.15, -0.1) is 0 Å². The molecule has 0 unspecified atom stereocenters. The lowest BCUT2D eigenvalue weighted by molar-refractivity contribution is -0.116. The highest BCUT2D eigenvalue weighted by Crippen LogP contribution is 2.12. The highest BCUT2D eigenvalue weighted by Gasteiger charge is 2.01. The van der Waals surface area contributed by atoms with Crippen molar-refractivity contribution in [1.82, 2.24) is 0 Å². The Morgan fingerprint density at radius 1 is 1.46 bits per heavy atom. The molecule has 13 heavy (non-hydrogen) atoms. The molecular weight excluding hydrogens is 164 g/mol. The Kier molecular flexibility index (Phi) is 3.46. The predicted molar refractivity (Wildman–Crippen MR) is 53.5 cm³/mol. The van der Waals surface area contributed by atoms with Crippen LogP contribution in [0.15, 0.2) is 24.3 Å². The fourth-order valence-corrected chi connectivity index (χ4v) is 1.06. The normalized spacial score (nSPS) is 9.69. The summed E-state index contributed by atoms with van der Waals surface area (Å²) in [5, 5.41) is 2.79. The maximum atomic E-state index is 11.2. The second-order valence-corrected chi connectivity index (χ2v) is 2.90. The summed E-state index contributed by atoms with van der Waals surface area (Å²) in [7, 11) is 0. The molecule has 3 heteroatoms. The van der Waals surface area contributed by atoms with E-state index in [4.69, 9.17) is 5.73 Å². The lowest BCUT2D eigenvalue weighted by Crippen LogP contribution is -2.16.